The van der Waals surface area contributed by atoms with Gasteiger partial charge >= 0.3 is 6.18 Å². The Kier molecular flexibility index (Phi) is 4.69. The molecule has 0 aromatic heterocycles. The number of hydrogen-bond donors (Lipinski definition) is 0. The van der Waals surface area contributed by atoms with Crippen LogP contribution in [-0.2, 0) is 14.6 Å². The van der Waals surface area contributed by atoms with Crippen LogP contribution in [0.1, 0.15) is 32.1 Å². The highest BCUT2D eigenvalue weighted by Crippen LogP contribution is 2.50. The molecule has 118 valence electrons. The highest BCUT2D eigenvalue weighted by atomic mass is 32.2. The number of rotatable bonds is 5. The first-order valence-electron chi connectivity index (χ1n) is 7.03. The Hall–Kier alpha value is -0.300. The number of ether oxygens (including phenoxy) is 1. The minimum Gasteiger partial charge on any atom is -0.384 e. The largest absolute Gasteiger partial charge is 0.393 e. The predicted octanol–water partition coefficient (Wildman–Crippen LogP) is 2.80. The molecule has 2 aliphatic rings. The van der Waals surface area contributed by atoms with Crippen molar-refractivity contribution in [3.8, 4) is 0 Å². The summed E-state index contributed by atoms with van der Waals surface area (Å²) in [4.78, 5) is 0. The number of halogens is 3. The van der Waals surface area contributed by atoms with Crippen LogP contribution in [0.15, 0.2) is 0 Å². The van der Waals surface area contributed by atoms with Crippen LogP contribution in [0.3, 0.4) is 0 Å². The highest BCUT2D eigenvalue weighted by molar-refractivity contribution is 7.92. The fourth-order valence-corrected chi connectivity index (χ4v) is 5.26. The molecule has 0 N–H and O–H groups in total. The lowest BCUT2D eigenvalue weighted by Gasteiger charge is -2.37. The Morgan fingerprint density at radius 1 is 1.10 bits per heavy atom. The molecule has 0 aromatic rings. The van der Waals surface area contributed by atoms with Gasteiger partial charge in [-0.1, -0.05) is 0 Å². The molecule has 2 fully saturated rings. The summed E-state index contributed by atoms with van der Waals surface area (Å²) in [6.45, 7) is -0.0462. The Bertz CT molecular complexity index is 429. The van der Waals surface area contributed by atoms with Gasteiger partial charge in [-0.2, -0.15) is 13.2 Å². The lowest BCUT2D eigenvalue weighted by atomic mass is 9.78. The van der Waals surface area contributed by atoms with E-state index in [0.29, 0.717) is 12.3 Å². The van der Waals surface area contributed by atoms with Crippen LogP contribution >= 0.6 is 0 Å². The van der Waals surface area contributed by atoms with Gasteiger partial charge in [-0.05, 0) is 43.9 Å². The third kappa shape index (κ3) is 3.67. The molecule has 0 radical (unpaired) electrons. The predicted molar refractivity (Wildman–Crippen MR) is 69.1 cm³/mol. The molecule has 3 atom stereocenters. The zero-order chi connectivity index (χ0) is 15.0. The Morgan fingerprint density at radius 3 is 2.20 bits per heavy atom. The molecular formula is C13H21F3O3S. The lowest BCUT2D eigenvalue weighted by Crippen LogP contribution is -2.45. The molecule has 0 aliphatic heterocycles. The van der Waals surface area contributed by atoms with Gasteiger partial charge in [0.05, 0.1) is 23.5 Å². The maximum atomic E-state index is 13.2. The minimum absolute atomic E-state index is 0.0228. The van der Waals surface area contributed by atoms with Crippen molar-refractivity contribution < 1.29 is 26.3 Å². The van der Waals surface area contributed by atoms with Crippen molar-refractivity contribution in [1.29, 1.82) is 0 Å². The summed E-state index contributed by atoms with van der Waals surface area (Å²) in [7, 11) is -2.40. The maximum Gasteiger partial charge on any atom is 0.393 e. The summed E-state index contributed by atoms with van der Waals surface area (Å²) in [5.74, 6) is -1.59. The zero-order valence-corrected chi connectivity index (χ0v) is 12.3. The molecule has 0 spiro atoms. The summed E-state index contributed by atoms with van der Waals surface area (Å²) in [6.07, 6.45) is -1.72. The second kappa shape index (κ2) is 5.83. The third-order valence-corrected chi connectivity index (χ3v) is 6.79. The molecule has 0 amide bonds. The normalized spacial score (nSPS) is 32.3. The van der Waals surface area contributed by atoms with E-state index < -0.39 is 27.2 Å². The molecule has 0 bridgehead atoms. The average Bonchev–Trinajstić information content (AvgIpc) is 3.19. The molecule has 20 heavy (non-hydrogen) atoms. The third-order valence-electron chi connectivity index (χ3n) is 4.57. The van der Waals surface area contributed by atoms with Crippen LogP contribution in [0.4, 0.5) is 13.2 Å². The van der Waals surface area contributed by atoms with E-state index >= 15 is 0 Å². The molecule has 3 unspecified atom stereocenters. The van der Waals surface area contributed by atoms with E-state index in [2.05, 4.69) is 0 Å². The van der Waals surface area contributed by atoms with Gasteiger partial charge < -0.3 is 4.74 Å². The van der Waals surface area contributed by atoms with E-state index in [9.17, 15) is 21.6 Å². The van der Waals surface area contributed by atoms with Gasteiger partial charge in [-0.3, -0.25) is 0 Å². The van der Waals surface area contributed by atoms with Crippen molar-refractivity contribution in [2.75, 3.05) is 19.5 Å². The van der Waals surface area contributed by atoms with Crippen LogP contribution in [-0.4, -0.2) is 39.3 Å². The number of hydrogen-bond acceptors (Lipinski definition) is 3. The van der Waals surface area contributed by atoms with Gasteiger partial charge in [0.15, 0.2) is 9.84 Å². The average molecular weight is 314 g/mol. The van der Waals surface area contributed by atoms with Gasteiger partial charge in [-0.25, -0.2) is 8.42 Å². The van der Waals surface area contributed by atoms with Gasteiger partial charge in [0.2, 0.25) is 0 Å². The second-order valence-electron chi connectivity index (χ2n) is 5.96. The number of sulfone groups is 1. The van der Waals surface area contributed by atoms with E-state index in [1.807, 2.05) is 0 Å². The highest BCUT2D eigenvalue weighted by Gasteiger charge is 2.53. The van der Waals surface area contributed by atoms with Crippen molar-refractivity contribution in [2.24, 2.45) is 17.8 Å². The molecule has 0 heterocycles. The maximum absolute atomic E-state index is 13.2. The molecule has 2 saturated carbocycles. The molecular weight excluding hydrogens is 293 g/mol. The SMILES string of the molecule is COCCS(=O)(=O)C1CCC(C2CC2)CC1C(F)(F)F. The summed E-state index contributed by atoms with van der Waals surface area (Å²) in [5, 5.41) is -1.28. The van der Waals surface area contributed by atoms with E-state index in [4.69, 9.17) is 4.74 Å². The van der Waals surface area contributed by atoms with E-state index in [-0.39, 0.29) is 31.1 Å². The standard InChI is InChI=1S/C13H21F3O3S/c1-19-6-7-20(17,18)12-5-4-10(9-2-3-9)8-11(12)13(14,15)16/h9-12H,2-8H2,1H3. The topological polar surface area (TPSA) is 43.4 Å². The molecule has 2 rings (SSSR count). The Balaban J connectivity index is 2.13. The summed E-state index contributed by atoms with van der Waals surface area (Å²) in [6, 6.07) is 0. The number of alkyl halides is 3. The summed E-state index contributed by atoms with van der Waals surface area (Å²) < 4.78 is 68.5. The number of methoxy groups -OCH3 is 1. The minimum atomic E-state index is -4.43. The van der Waals surface area contributed by atoms with E-state index in [0.717, 1.165) is 12.8 Å². The monoisotopic (exact) mass is 314 g/mol. The van der Waals surface area contributed by atoms with Crippen LogP contribution in [0.2, 0.25) is 0 Å². The van der Waals surface area contributed by atoms with Crippen molar-refractivity contribution in [3.05, 3.63) is 0 Å². The Labute approximate surface area is 117 Å². The van der Waals surface area contributed by atoms with Gasteiger partial charge in [0.25, 0.3) is 0 Å². The van der Waals surface area contributed by atoms with Crippen molar-refractivity contribution in [3.63, 3.8) is 0 Å². The lowest BCUT2D eigenvalue weighted by molar-refractivity contribution is -0.184. The van der Waals surface area contributed by atoms with Gasteiger partial charge in [-0.15, -0.1) is 0 Å². The van der Waals surface area contributed by atoms with Crippen LogP contribution in [0, 0.1) is 17.8 Å². The molecule has 0 saturated heterocycles. The second-order valence-corrected chi connectivity index (χ2v) is 8.30. The fourth-order valence-electron chi connectivity index (χ4n) is 3.30. The molecule has 7 heteroatoms. The molecule has 0 aromatic carbocycles. The fraction of sp³-hybridized carbons (Fsp3) is 1.00. The van der Waals surface area contributed by atoms with E-state index in [1.165, 1.54) is 7.11 Å². The summed E-state index contributed by atoms with van der Waals surface area (Å²) in [5.41, 5.74) is 0. The Morgan fingerprint density at radius 2 is 1.70 bits per heavy atom. The van der Waals surface area contributed by atoms with Crippen molar-refractivity contribution in [2.45, 2.75) is 43.5 Å². The van der Waals surface area contributed by atoms with Crippen molar-refractivity contribution >= 4 is 9.84 Å². The zero-order valence-electron chi connectivity index (χ0n) is 11.5. The first-order valence-corrected chi connectivity index (χ1v) is 8.74. The molecule has 3 nitrogen and oxygen atoms in total. The quantitative estimate of drug-likeness (QED) is 0.784. The van der Waals surface area contributed by atoms with Gasteiger partial charge in [0.1, 0.15) is 0 Å². The first-order chi connectivity index (χ1) is 9.25. The van der Waals surface area contributed by atoms with E-state index in [1.54, 1.807) is 0 Å². The molecule has 2 aliphatic carbocycles. The van der Waals surface area contributed by atoms with Crippen LogP contribution < -0.4 is 0 Å². The smallest absolute Gasteiger partial charge is 0.384 e. The first kappa shape index (κ1) is 16.1. The van der Waals surface area contributed by atoms with Crippen LogP contribution in [0.25, 0.3) is 0 Å². The van der Waals surface area contributed by atoms with Crippen LogP contribution in [0.5, 0.6) is 0 Å². The van der Waals surface area contributed by atoms with Gasteiger partial charge in [0, 0.05) is 7.11 Å². The van der Waals surface area contributed by atoms with Crippen molar-refractivity contribution in [1.82, 2.24) is 0 Å². The summed E-state index contributed by atoms with van der Waals surface area (Å²) >= 11 is 0.